The minimum atomic E-state index is -3.24. The van der Waals surface area contributed by atoms with Gasteiger partial charge in [-0.05, 0) is 35.6 Å². The standard InChI is InChI=1S/C24H32N4O4S/c1-24(2,3)15-23(29)27-10-8-18(9-11-27)32-22-14-21(25-16-26-22)28-12-7-17-13-19(33(4,30)31)5-6-20(17)28/h5-6,13-14,16,18H,7-12,15H2,1-4H3. The number of aromatic nitrogens is 2. The summed E-state index contributed by atoms with van der Waals surface area (Å²) in [4.78, 5) is 25.5. The molecule has 0 aliphatic carbocycles. The van der Waals surface area contributed by atoms with E-state index in [-0.39, 0.29) is 17.4 Å². The molecule has 0 atom stereocenters. The zero-order valence-corrected chi connectivity index (χ0v) is 20.6. The Morgan fingerprint density at radius 2 is 1.85 bits per heavy atom. The quantitative estimate of drug-likeness (QED) is 0.659. The molecule has 1 aromatic heterocycles. The highest BCUT2D eigenvalue weighted by Crippen LogP contribution is 2.35. The first-order valence-electron chi connectivity index (χ1n) is 11.4. The second-order valence-electron chi connectivity index (χ2n) is 10.1. The van der Waals surface area contributed by atoms with Crippen LogP contribution in [0, 0.1) is 5.41 Å². The minimum Gasteiger partial charge on any atom is -0.474 e. The van der Waals surface area contributed by atoms with Crippen molar-refractivity contribution in [1.29, 1.82) is 0 Å². The predicted molar refractivity (Wildman–Crippen MR) is 127 cm³/mol. The Morgan fingerprint density at radius 3 is 2.52 bits per heavy atom. The van der Waals surface area contributed by atoms with Crippen LogP contribution in [0.1, 0.15) is 45.6 Å². The molecule has 1 saturated heterocycles. The molecule has 2 aliphatic heterocycles. The van der Waals surface area contributed by atoms with Gasteiger partial charge in [0.2, 0.25) is 11.8 Å². The second kappa shape index (κ2) is 8.93. The number of rotatable bonds is 5. The first-order chi connectivity index (χ1) is 15.5. The van der Waals surface area contributed by atoms with Crippen LogP contribution in [-0.2, 0) is 21.1 Å². The number of hydrogen-bond donors (Lipinski definition) is 0. The Balaban J connectivity index is 1.40. The molecule has 0 radical (unpaired) electrons. The molecule has 178 valence electrons. The lowest BCUT2D eigenvalue weighted by molar-refractivity contribution is -0.134. The zero-order valence-electron chi connectivity index (χ0n) is 19.7. The Morgan fingerprint density at radius 1 is 1.12 bits per heavy atom. The van der Waals surface area contributed by atoms with Gasteiger partial charge in [0.25, 0.3) is 0 Å². The number of likely N-dealkylation sites (tertiary alicyclic amines) is 1. The third kappa shape index (κ3) is 5.63. The summed E-state index contributed by atoms with van der Waals surface area (Å²) in [5.74, 6) is 1.45. The van der Waals surface area contributed by atoms with Crippen LogP contribution >= 0.6 is 0 Å². The third-order valence-electron chi connectivity index (χ3n) is 6.04. The van der Waals surface area contributed by atoms with Crippen LogP contribution in [0.3, 0.4) is 0 Å². The van der Waals surface area contributed by atoms with Crippen LogP contribution in [-0.4, -0.2) is 61.2 Å². The van der Waals surface area contributed by atoms with E-state index in [0.717, 1.165) is 36.3 Å². The maximum Gasteiger partial charge on any atom is 0.223 e. The highest BCUT2D eigenvalue weighted by atomic mass is 32.2. The summed E-state index contributed by atoms with van der Waals surface area (Å²) in [5, 5.41) is 0. The predicted octanol–water partition coefficient (Wildman–Crippen LogP) is 3.38. The number of nitrogens with zero attached hydrogens (tertiary/aromatic N) is 4. The summed E-state index contributed by atoms with van der Waals surface area (Å²) in [5.41, 5.74) is 1.94. The Bertz CT molecular complexity index is 1140. The van der Waals surface area contributed by atoms with E-state index in [4.69, 9.17) is 4.74 Å². The normalized spacial score (nSPS) is 17.2. The molecule has 1 aromatic carbocycles. The Kier molecular flexibility index (Phi) is 6.35. The topological polar surface area (TPSA) is 92.7 Å². The molecule has 2 aromatic rings. The summed E-state index contributed by atoms with van der Waals surface area (Å²) in [7, 11) is -3.24. The number of fused-ring (bicyclic) bond motifs is 1. The fourth-order valence-corrected chi connectivity index (χ4v) is 5.02. The number of carbonyl (C=O) groups is 1. The van der Waals surface area contributed by atoms with Gasteiger partial charge in [-0.2, -0.15) is 0 Å². The molecule has 0 spiro atoms. The number of piperidine rings is 1. The van der Waals surface area contributed by atoms with Gasteiger partial charge < -0.3 is 14.5 Å². The van der Waals surface area contributed by atoms with E-state index in [0.29, 0.717) is 36.8 Å². The molecule has 4 rings (SSSR count). The highest BCUT2D eigenvalue weighted by molar-refractivity contribution is 7.90. The Hall–Kier alpha value is -2.68. The van der Waals surface area contributed by atoms with Crippen molar-refractivity contribution >= 4 is 27.2 Å². The van der Waals surface area contributed by atoms with E-state index in [1.165, 1.54) is 12.6 Å². The van der Waals surface area contributed by atoms with Crippen LogP contribution in [0.5, 0.6) is 5.88 Å². The van der Waals surface area contributed by atoms with Crippen molar-refractivity contribution in [2.45, 2.75) is 57.5 Å². The average molecular weight is 473 g/mol. The number of amides is 1. The van der Waals surface area contributed by atoms with E-state index in [9.17, 15) is 13.2 Å². The molecule has 1 fully saturated rings. The Labute approximate surface area is 195 Å². The van der Waals surface area contributed by atoms with Crippen LogP contribution in [0.2, 0.25) is 0 Å². The summed E-state index contributed by atoms with van der Waals surface area (Å²) >= 11 is 0. The van der Waals surface area contributed by atoms with E-state index >= 15 is 0 Å². The van der Waals surface area contributed by atoms with Crippen molar-refractivity contribution in [1.82, 2.24) is 14.9 Å². The van der Waals surface area contributed by atoms with Gasteiger partial charge in [0.1, 0.15) is 18.2 Å². The summed E-state index contributed by atoms with van der Waals surface area (Å²) in [6, 6.07) is 7.06. The largest absolute Gasteiger partial charge is 0.474 e. The molecule has 0 N–H and O–H groups in total. The highest BCUT2D eigenvalue weighted by Gasteiger charge is 2.28. The van der Waals surface area contributed by atoms with Gasteiger partial charge in [0, 0.05) is 56.9 Å². The summed E-state index contributed by atoms with van der Waals surface area (Å²) in [6.45, 7) is 8.34. The molecule has 9 heteroatoms. The number of anilines is 2. The lowest BCUT2D eigenvalue weighted by Crippen LogP contribution is -2.42. The molecule has 0 saturated carbocycles. The molecule has 33 heavy (non-hydrogen) atoms. The van der Waals surface area contributed by atoms with Crippen molar-refractivity contribution in [2.75, 3.05) is 30.8 Å². The molecule has 8 nitrogen and oxygen atoms in total. The molecule has 0 bridgehead atoms. The number of sulfone groups is 1. The summed E-state index contributed by atoms with van der Waals surface area (Å²) in [6.07, 6.45) is 5.58. The van der Waals surface area contributed by atoms with Crippen LogP contribution in [0.4, 0.5) is 11.5 Å². The monoisotopic (exact) mass is 472 g/mol. The van der Waals surface area contributed by atoms with E-state index in [2.05, 4.69) is 35.6 Å². The first kappa shape index (κ1) is 23.5. The van der Waals surface area contributed by atoms with Gasteiger partial charge in [-0.1, -0.05) is 20.8 Å². The van der Waals surface area contributed by atoms with Gasteiger partial charge in [0.05, 0.1) is 4.90 Å². The average Bonchev–Trinajstić information content (AvgIpc) is 3.16. The van der Waals surface area contributed by atoms with Crippen LogP contribution in [0.25, 0.3) is 0 Å². The van der Waals surface area contributed by atoms with E-state index < -0.39 is 9.84 Å². The van der Waals surface area contributed by atoms with Gasteiger partial charge in [-0.25, -0.2) is 18.4 Å². The molecule has 3 heterocycles. The number of carbonyl (C=O) groups excluding carboxylic acids is 1. The van der Waals surface area contributed by atoms with Crippen LogP contribution < -0.4 is 9.64 Å². The zero-order chi connectivity index (χ0) is 23.8. The first-order valence-corrected chi connectivity index (χ1v) is 13.3. The maximum absolute atomic E-state index is 12.5. The lowest BCUT2D eigenvalue weighted by Gasteiger charge is -2.33. The minimum absolute atomic E-state index is 0.00891. The van der Waals surface area contributed by atoms with Crippen molar-refractivity contribution in [2.24, 2.45) is 5.41 Å². The van der Waals surface area contributed by atoms with Gasteiger partial charge in [-0.3, -0.25) is 4.79 Å². The number of benzene rings is 1. The van der Waals surface area contributed by atoms with Gasteiger partial charge >= 0.3 is 0 Å². The van der Waals surface area contributed by atoms with E-state index in [1.54, 1.807) is 12.1 Å². The maximum atomic E-state index is 12.5. The summed E-state index contributed by atoms with van der Waals surface area (Å²) < 4.78 is 29.9. The van der Waals surface area contributed by atoms with E-state index in [1.807, 2.05) is 17.0 Å². The number of ether oxygens (including phenoxy) is 1. The molecule has 1 amide bonds. The van der Waals surface area contributed by atoms with Crippen LogP contribution in [0.15, 0.2) is 35.5 Å². The second-order valence-corrected chi connectivity index (χ2v) is 12.1. The third-order valence-corrected chi connectivity index (χ3v) is 7.15. The van der Waals surface area contributed by atoms with Crippen molar-refractivity contribution in [3.63, 3.8) is 0 Å². The fourth-order valence-electron chi connectivity index (χ4n) is 4.35. The molecular weight excluding hydrogens is 440 g/mol. The molecule has 0 unspecified atom stereocenters. The molecule has 2 aliphatic rings. The van der Waals surface area contributed by atoms with Gasteiger partial charge in [-0.15, -0.1) is 0 Å². The lowest BCUT2D eigenvalue weighted by atomic mass is 9.91. The van der Waals surface area contributed by atoms with Crippen molar-refractivity contribution in [3.8, 4) is 5.88 Å². The van der Waals surface area contributed by atoms with Crippen molar-refractivity contribution in [3.05, 3.63) is 36.2 Å². The smallest absolute Gasteiger partial charge is 0.223 e. The number of hydrogen-bond acceptors (Lipinski definition) is 7. The van der Waals surface area contributed by atoms with Crippen molar-refractivity contribution < 1.29 is 17.9 Å². The van der Waals surface area contributed by atoms with Gasteiger partial charge in [0.15, 0.2) is 9.84 Å². The fraction of sp³-hybridized carbons (Fsp3) is 0.542. The SMILES string of the molecule is CC(C)(C)CC(=O)N1CCC(Oc2cc(N3CCc4cc(S(C)(=O)=O)ccc43)ncn2)CC1. The molecular formula is C24H32N4O4S.